The average molecular weight is 175 g/mol. The molecule has 13 heavy (non-hydrogen) atoms. The van der Waals surface area contributed by atoms with Crippen LogP contribution in [0.25, 0.3) is 0 Å². The lowest BCUT2D eigenvalue weighted by molar-refractivity contribution is 0.249. The van der Waals surface area contributed by atoms with Gasteiger partial charge in [0.25, 0.3) is 0 Å². The molecule has 0 radical (unpaired) electrons. The summed E-state index contributed by atoms with van der Waals surface area (Å²) in [6.45, 7) is 4.52. The molecular formula is C12H17N. The zero-order valence-corrected chi connectivity index (χ0v) is 8.38. The molecule has 1 atom stereocenters. The van der Waals surface area contributed by atoms with E-state index >= 15 is 0 Å². The molecule has 1 aromatic carbocycles. The first-order valence-corrected chi connectivity index (χ1v) is 4.95. The monoisotopic (exact) mass is 175 g/mol. The smallest absolute Gasteiger partial charge is 0.0349 e. The van der Waals surface area contributed by atoms with Crippen LogP contribution in [0.1, 0.15) is 37.4 Å². The molecule has 0 fully saturated rings. The topological polar surface area (TPSA) is 26.0 Å². The highest BCUT2D eigenvalue weighted by Crippen LogP contribution is 2.41. The maximum Gasteiger partial charge on any atom is 0.0349 e. The van der Waals surface area contributed by atoms with E-state index < -0.39 is 0 Å². The Kier molecular flexibility index (Phi) is 1.92. The molecule has 0 spiro atoms. The Morgan fingerprint density at radius 1 is 1.31 bits per heavy atom. The average Bonchev–Trinajstić information content (AvgIpc) is 2.13. The number of fused-ring (bicyclic) bond motifs is 1. The van der Waals surface area contributed by atoms with Crippen LogP contribution in [0.15, 0.2) is 24.3 Å². The standard InChI is InChI=1S/C12H17N/c1-12(2)8-7-9-5-3-4-6-10(9)11(12)13/h3-6,11H,7-8,13H2,1-2H3. The second kappa shape index (κ2) is 2.85. The minimum absolute atomic E-state index is 0.206. The second-order valence-corrected chi connectivity index (χ2v) is 4.67. The van der Waals surface area contributed by atoms with E-state index in [1.54, 1.807) is 0 Å². The van der Waals surface area contributed by atoms with E-state index in [-0.39, 0.29) is 11.5 Å². The first-order chi connectivity index (χ1) is 6.11. The van der Waals surface area contributed by atoms with Crippen LogP contribution in [-0.2, 0) is 6.42 Å². The first kappa shape index (κ1) is 8.76. The van der Waals surface area contributed by atoms with Crippen molar-refractivity contribution in [3.05, 3.63) is 35.4 Å². The van der Waals surface area contributed by atoms with Crippen LogP contribution in [0.5, 0.6) is 0 Å². The Morgan fingerprint density at radius 2 is 2.00 bits per heavy atom. The molecule has 1 nitrogen and oxygen atoms in total. The van der Waals surface area contributed by atoms with E-state index in [1.165, 1.54) is 24.0 Å². The lowest BCUT2D eigenvalue weighted by atomic mass is 9.71. The molecule has 1 unspecified atom stereocenters. The third kappa shape index (κ3) is 1.37. The predicted octanol–water partition coefficient (Wildman–Crippen LogP) is 2.66. The van der Waals surface area contributed by atoms with E-state index in [1.807, 2.05) is 0 Å². The fraction of sp³-hybridized carbons (Fsp3) is 0.500. The van der Waals surface area contributed by atoms with Crippen LogP contribution in [0.3, 0.4) is 0 Å². The van der Waals surface area contributed by atoms with E-state index in [0.29, 0.717) is 0 Å². The van der Waals surface area contributed by atoms with Crippen molar-refractivity contribution in [2.24, 2.45) is 11.1 Å². The van der Waals surface area contributed by atoms with Crippen molar-refractivity contribution >= 4 is 0 Å². The molecule has 70 valence electrons. The fourth-order valence-corrected chi connectivity index (χ4v) is 2.10. The van der Waals surface area contributed by atoms with Gasteiger partial charge >= 0.3 is 0 Å². The highest BCUT2D eigenvalue weighted by Gasteiger charge is 2.32. The molecule has 0 amide bonds. The van der Waals surface area contributed by atoms with Crippen LogP contribution in [0.2, 0.25) is 0 Å². The molecule has 2 N–H and O–H groups in total. The summed E-state index contributed by atoms with van der Waals surface area (Å²) in [4.78, 5) is 0. The molecule has 0 bridgehead atoms. The molecule has 0 heterocycles. The summed E-state index contributed by atoms with van der Waals surface area (Å²) < 4.78 is 0. The molecule has 1 heteroatoms. The van der Waals surface area contributed by atoms with Gasteiger partial charge in [0.1, 0.15) is 0 Å². The number of rotatable bonds is 0. The molecular weight excluding hydrogens is 158 g/mol. The summed E-state index contributed by atoms with van der Waals surface area (Å²) in [6, 6.07) is 8.76. The second-order valence-electron chi connectivity index (χ2n) is 4.67. The Balaban J connectivity index is 2.45. The highest BCUT2D eigenvalue weighted by molar-refractivity contribution is 5.33. The maximum atomic E-state index is 6.22. The summed E-state index contributed by atoms with van der Waals surface area (Å²) in [5, 5.41) is 0. The summed E-state index contributed by atoms with van der Waals surface area (Å²) in [6.07, 6.45) is 2.38. The minimum atomic E-state index is 0.206. The van der Waals surface area contributed by atoms with Gasteiger partial charge in [-0.15, -0.1) is 0 Å². The molecule has 0 aliphatic heterocycles. The first-order valence-electron chi connectivity index (χ1n) is 4.95. The van der Waals surface area contributed by atoms with Crippen LogP contribution >= 0.6 is 0 Å². The summed E-state index contributed by atoms with van der Waals surface area (Å²) in [5.74, 6) is 0. The van der Waals surface area contributed by atoms with E-state index in [9.17, 15) is 0 Å². The lowest BCUT2D eigenvalue weighted by Crippen LogP contribution is -2.33. The van der Waals surface area contributed by atoms with Gasteiger partial charge in [0.2, 0.25) is 0 Å². The van der Waals surface area contributed by atoms with Gasteiger partial charge in [0, 0.05) is 6.04 Å². The van der Waals surface area contributed by atoms with Gasteiger partial charge in [-0.1, -0.05) is 38.1 Å². The van der Waals surface area contributed by atoms with Crippen LogP contribution in [-0.4, -0.2) is 0 Å². The molecule has 1 aliphatic rings. The summed E-state index contributed by atoms with van der Waals surface area (Å²) in [5.41, 5.74) is 9.27. The highest BCUT2D eigenvalue weighted by atomic mass is 14.7. The summed E-state index contributed by atoms with van der Waals surface area (Å²) in [7, 11) is 0. The SMILES string of the molecule is CC1(C)CCc2ccccc2C1N. The number of nitrogens with two attached hydrogens (primary N) is 1. The van der Waals surface area contributed by atoms with Gasteiger partial charge in [-0.25, -0.2) is 0 Å². The van der Waals surface area contributed by atoms with Crippen molar-refractivity contribution in [1.29, 1.82) is 0 Å². The van der Waals surface area contributed by atoms with Gasteiger partial charge in [0.15, 0.2) is 0 Å². The van der Waals surface area contributed by atoms with Crippen LogP contribution in [0, 0.1) is 5.41 Å². The number of benzene rings is 1. The molecule has 0 aromatic heterocycles. The van der Waals surface area contributed by atoms with Crippen molar-refractivity contribution in [2.45, 2.75) is 32.7 Å². The zero-order valence-electron chi connectivity index (χ0n) is 8.38. The van der Waals surface area contributed by atoms with Crippen molar-refractivity contribution < 1.29 is 0 Å². The van der Waals surface area contributed by atoms with E-state index in [2.05, 4.69) is 38.1 Å². The molecule has 0 saturated heterocycles. The normalized spacial score (nSPS) is 25.3. The molecule has 2 rings (SSSR count). The fourth-order valence-electron chi connectivity index (χ4n) is 2.10. The number of aryl methyl sites for hydroxylation is 1. The quantitative estimate of drug-likeness (QED) is 0.644. The lowest BCUT2D eigenvalue weighted by Gasteiger charge is -2.37. The van der Waals surface area contributed by atoms with Crippen molar-refractivity contribution in [1.82, 2.24) is 0 Å². The third-order valence-electron chi connectivity index (χ3n) is 3.27. The van der Waals surface area contributed by atoms with Gasteiger partial charge in [-0.3, -0.25) is 0 Å². The Labute approximate surface area is 80.0 Å². The summed E-state index contributed by atoms with van der Waals surface area (Å²) >= 11 is 0. The maximum absolute atomic E-state index is 6.22. The van der Waals surface area contributed by atoms with Gasteiger partial charge in [-0.05, 0) is 29.4 Å². The van der Waals surface area contributed by atoms with Crippen LogP contribution < -0.4 is 5.73 Å². The zero-order chi connectivity index (χ0) is 9.47. The van der Waals surface area contributed by atoms with Gasteiger partial charge in [-0.2, -0.15) is 0 Å². The van der Waals surface area contributed by atoms with Gasteiger partial charge < -0.3 is 5.73 Å². The Morgan fingerprint density at radius 3 is 2.77 bits per heavy atom. The van der Waals surface area contributed by atoms with Crippen molar-refractivity contribution in [3.8, 4) is 0 Å². The van der Waals surface area contributed by atoms with Crippen molar-refractivity contribution in [3.63, 3.8) is 0 Å². The molecule has 0 saturated carbocycles. The van der Waals surface area contributed by atoms with Crippen molar-refractivity contribution in [2.75, 3.05) is 0 Å². The Bertz CT molecular complexity index is 315. The molecule has 1 aliphatic carbocycles. The third-order valence-corrected chi connectivity index (χ3v) is 3.27. The van der Waals surface area contributed by atoms with E-state index in [0.717, 1.165) is 0 Å². The van der Waals surface area contributed by atoms with Crippen LogP contribution in [0.4, 0.5) is 0 Å². The molecule has 1 aromatic rings. The number of hydrogen-bond donors (Lipinski definition) is 1. The largest absolute Gasteiger partial charge is 0.323 e. The van der Waals surface area contributed by atoms with Gasteiger partial charge in [0.05, 0.1) is 0 Å². The number of hydrogen-bond acceptors (Lipinski definition) is 1. The Hall–Kier alpha value is -0.820. The van der Waals surface area contributed by atoms with E-state index in [4.69, 9.17) is 5.73 Å². The minimum Gasteiger partial charge on any atom is -0.323 e. The predicted molar refractivity (Wildman–Crippen MR) is 55.5 cm³/mol.